The van der Waals surface area contributed by atoms with Crippen LogP contribution in [0.1, 0.15) is 29.0 Å². The third-order valence-electron chi connectivity index (χ3n) is 5.51. The lowest BCUT2D eigenvalue weighted by molar-refractivity contribution is -0.137. The molecule has 158 valence electrons. The Morgan fingerprint density at radius 3 is 2.13 bits per heavy atom. The molecule has 0 aliphatic heterocycles. The van der Waals surface area contributed by atoms with Crippen LogP contribution in [0.25, 0.3) is 11.1 Å². The monoisotopic (exact) mass is 419 g/mol. The summed E-state index contributed by atoms with van der Waals surface area (Å²) in [7, 11) is 0. The van der Waals surface area contributed by atoms with Gasteiger partial charge in [0.2, 0.25) is 0 Å². The van der Waals surface area contributed by atoms with E-state index in [-0.39, 0.29) is 25.4 Å². The second kappa shape index (κ2) is 9.00. The van der Waals surface area contributed by atoms with Crippen molar-refractivity contribution in [2.75, 3.05) is 6.61 Å². The van der Waals surface area contributed by atoms with Crippen molar-refractivity contribution in [1.82, 2.24) is 5.32 Å². The number of carbonyl (C=O) groups is 2. The summed E-state index contributed by atoms with van der Waals surface area (Å²) in [6, 6.07) is 21.3. The van der Waals surface area contributed by atoms with E-state index in [9.17, 15) is 19.1 Å². The van der Waals surface area contributed by atoms with E-state index in [2.05, 4.69) is 5.32 Å². The molecular weight excluding hydrogens is 397 g/mol. The molecule has 3 aromatic carbocycles. The maximum atomic E-state index is 14.0. The van der Waals surface area contributed by atoms with Crippen LogP contribution in [-0.2, 0) is 16.0 Å². The smallest absolute Gasteiger partial charge is 0.407 e. The zero-order chi connectivity index (χ0) is 21.8. The maximum absolute atomic E-state index is 14.0. The number of amides is 1. The van der Waals surface area contributed by atoms with Crippen LogP contribution in [-0.4, -0.2) is 29.8 Å². The first-order chi connectivity index (χ1) is 15.0. The lowest BCUT2D eigenvalue weighted by Crippen LogP contribution is -2.39. The molecule has 31 heavy (non-hydrogen) atoms. The number of rotatable bonds is 7. The molecule has 0 unspecified atom stereocenters. The zero-order valence-corrected chi connectivity index (χ0v) is 16.8. The number of halogens is 1. The first-order valence-electron chi connectivity index (χ1n) is 10.1. The van der Waals surface area contributed by atoms with Crippen LogP contribution >= 0.6 is 0 Å². The van der Waals surface area contributed by atoms with E-state index >= 15 is 0 Å². The fourth-order valence-corrected chi connectivity index (χ4v) is 4.12. The molecule has 6 heteroatoms. The van der Waals surface area contributed by atoms with E-state index in [1.54, 1.807) is 18.2 Å². The van der Waals surface area contributed by atoms with Gasteiger partial charge in [0.05, 0.1) is 6.42 Å². The molecule has 2 N–H and O–H groups in total. The van der Waals surface area contributed by atoms with Crippen LogP contribution in [0.2, 0.25) is 0 Å². The van der Waals surface area contributed by atoms with Crippen LogP contribution in [0.15, 0.2) is 72.8 Å². The molecule has 4 rings (SSSR count). The van der Waals surface area contributed by atoms with Gasteiger partial charge in [-0.05, 0) is 40.3 Å². The molecule has 0 bridgehead atoms. The van der Waals surface area contributed by atoms with Gasteiger partial charge in [-0.3, -0.25) is 4.79 Å². The van der Waals surface area contributed by atoms with Crippen LogP contribution in [0.5, 0.6) is 0 Å². The molecular formula is C25H22FNO4. The summed E-state index contributed by atoms with van der Waals surface area (Å²) in [6.45, 7) is 0.124. The molecule has 1 aliphatic rings. The van der Waals surface area contributed by atoms with E-state index in [1.165, 1.54) is 6.07 Å². The van der Waals surface area contributed by atoms with Crippen molar-refractivity contribution in [2.45, 2.75) is 24.8 Å². The lowest BCUT2D eigenvalue weighted by atomic mass is 9.98. The Hall–Kier alpha value is -3.67. The van der Waals surface area contributed by atoms with Gasteiger partial charge in [0, 0.05) is 12.0 Å². The average Bonchev–Trinajstić information content (AvgIpc) is 3.07. The minimum absolute atomic E-state index is 0.0587. The van der Waals surface area contributed by atoms with Gasteiger partial charge in [-0.2, -0.15) is 0 Å². The zero-order valence-electron chi connectivity index (χ0n) is 16.8. The predicted molar refractivity (Wildman–Crippen MR) is 114 cm³/mol. The molecule has 0 fully saturated rings. The van der Waals surface area contributed by atoms with Crippen molar-refractivity contribution in [1.29, 1.82) is 0 Å². The van der Waals surface area contributed by atoms with Crippen LogP contribution in [0, 0.1) is 5.82 Å². The second-order valence-electron chi connectivity index (χ2n) is 7.56. The Kier molecular flexibility index (Phi) is 5.98. The largest absolute Gasteiger partial charge is 0.481 e. The minimum atomic E-state index is -1.08. The van der Waals surface area contributed by atoms with Crippen LogP contribution < -0.4 is 5.32 Å². The number of alkyl carbamates (subject to hydrolysis) is 1. The van der Waals surface area contributed by atoms with E-state index in [1.807, 2.05) is 48.5 Å². The normalized spacial score (nSPS) is 13.2. The number of hydrogen-bond acceptors (Lipinski definition) is 3. The second-order valence-corrected chi connectivity index (χ2v) is 7.56. The van der Waals surface area contributed by atoms with Gasteiger partial charge < -0.3 is 15.2 Å². The molecule has 1 atom stereocenters. The SMILES string of the molecule is O=C(O)C[C@H](Cc1ccccc1F)NC(=O)OCC1c2ccccc2-c2ccccc21. The molecule has 5 nitrogen and oxygen atoms in total. The first-order valence-corrected chi connectivity index (χ1v) is 10.1. The summed E-state index contributed by atoms with van der Waals surface area (Å²) in [4.78, 5) is 23.7. The highest BCUT2D eigenvalue weighted by Gasteiger charge is 2.29. The minimum Gasteiger partial charge on any atom is -0.481 e. The number of benzene rings is 3. The molecule has 1 amide bonds. The lowest BCUT2D eigenvalue weighted by Gasteiger charge is -2.19. The number of carboxylic acid groups (broad SMARTS) is 1. The van der Waals surface area contributed by atoms with Gasteiger partial charge in [0.15, 0.2) is 0 Å². The fourth-order valence-electron chi connectivity index (χ4n) is 4.12. The van der Waals surface area contributed by atoms with Crippen molar-refractivity contribution in [3.8, 4) is 11.1 Å². The fraction of sp³-hybridized carbons (Fsp3) is 0.200. The molecule has 3 aromatic rings. The average molecular weight is 419 g/mol. The number of ether oxygens (including phenoxy) is 1. The molecule has 0 spiro atoms. The first kappa shape index (κ1) is 20.6. The highest BCUT2D eigenvalue weighted by Crippen LogP contribution is 2.44. The molecule has 1 aliphatic carbocycles. The van der Waals surface area contributed by atoms with Crippen molar-refractivity contribution in [2.24, 2.45) is 0 Å². The van der Waals surface area contributed by atoms with Crippen molar-refractivity contribution >= 4 is 12.1 Å². The van der Waals surface area contributed by atoms with Gasteiger partial charge in [-0.1, -0.05) is 66.7 Å². The summed E-state index contributed by atoms with van der Waals surface area (Å²) >= 11 is 0. The van der Waals surface area contributed by atoms with Gasteiger partial charge in [0.25, 0.3) is 0 Å². The summed E-state index contributed by atoms with van der Waals surface area (Å²) in [5.41, 5.74) is 4.76. The maximum Gasteiger partial charge on any atom is 0.407 e. The highest BCUT2D eigenvalue weighted by molar-refractivity contribution is 5.79. The van der Waals surface area contributed by atoms with E-state index in [0.29, 0.717) is 5.56 Å². The van der Waals surface area contributed by atoms with Crippen LogP contribution in [0.4, 0.5) is 9.18 Å². The molecule has 0 saturated carbocycles. The standard InChI is InChI=1S/C25H22FNO4/c26-23-12-6-1-7-16(23)13-17(14-24(28)29)27-25(30)31-15-22-20-10-4-2-8-18(20)19-9-3-5-11-21(19)22/h1-12,17,22H,13-15H2,(H,27,30)(H,28,29)/t17-/m0/s1. The number of carbonyl (C=O) groups excluding carboxylic acids is 1. The number of nitrogens with one attached hydrogen (secondary N) is 1. The summed E-state index contributed by atoms with van der Waals surface area (Å²) in [6.07, 6.45) is -0.994. The number of carboxylic acids is 1. The van der Waals surface area contributed by atoms with Gasteiger partial charge in [-0.25, -0.2) is 9.18 Å². The van der Waals surface area contributed by atoms with Crippen molar-refractivity contribution in [3.63, 3.8) is 0 Å². The van der Waals surface area contributed by atoms with Crippen molar-refractivity contribution < 1.29 is 23.8 Å². The van der Waals surface area contributed by atoms with Crippen LogP contribution in [0.3, 0.4) is 0 Å². The third-order valence-corrected chi connectivity index (χ3v) is 5.51. The van der Waals surface area contributed by atoms with Crippen molar-refractivity contribution in [3.05, 3.63) is 95.3 Å². The molecule has 0 aromatic heterocycles. The van der Waals surface area contributed by atoms with Gasteiger partial charge >= 0.3 is 12.1 Å². The van der Waals surface area contributed by atoms with Gasteiger partial charge in [0.1, 0.15) is 12.4 Å². The predicted octanol–water partition coefficient (Wildman–Crippen LogP) is 4.75. The topological polar surface area (TPSA) is 75.6 Å². The molecule has 0 saturated heterocycles. The number of aliphatic carboxylic acids is 1. The van der Waals surface area contributed by atoms with E-state index in [4.69, 9.17) is 4.74 Å². The number of hydrogen-bond donors (Lipinski definition) is 2. The highest BCUT2D eigenvalue weighted by atomic mass is 19.1. The summed E-state index contributed by atoms with van der Waals surface area (Å²) in [5.74, 6) is -1.62. The Bertz CT molecular complexity index is 1070. The molecule has 0 heterocycles. The quantitative estimate of drug-likeness (QED) is 0.580. The third kappa shape index (κ3) is 4.58. The summed E-state index contributed by atoms with van der Waals surface area (Å²) < 4.78 is 19.5. The van der Waals surface area contributed by atoms with E-state index in [0.717, 1.165) is 22.3 Å². The van der Waals surface area contributed by atoms with E-state index < -0.39 is 23.9 Å². The Morgan fingerprint density at radius 1 is 0.935 bits per heavy atom. The number of fused-ring (bicyclic) bond motifs is 3. The Morgan fingerprint density at radius 2 is 1.52 bits per heavy atom. The Balaban J connectivity index is 1.44. The summed E-state index contributed by atoms with van der Waals surface area (Å²) in [5, 5.41) is 11.8. The van der Waals surface area contributed by atoms with Gasteiger partial charge in [-0.15, -0.1) is 0 Å². The Labute approximate surface area is 179 Å². The molecule has 0 radical (unpaired) electrons.